The van der Waals surface area contributed by atoms with Crippen molar-refractivity contribution in [3.63, 3.8) is 0 Å². The van der Waals surface area contributed by atoms with Crippen molar-refractivity contribution in [1.82, 2.24) is 4.90 Å². The van der Waals surface area contributed by atoms with E-state index >= 15 is 0 Å². The quantitative estimate of drug-likeness (QED) is 0.797. The Balaban J connectivity index is 1.93. The van der Waals surface area contributed by atoms with E-state index in [0.29, 0.717) is 18.8 Å². The van der Waals surface area contributed by atoms with Crippen LogP contribution in [0.1, 0.15) is 27.2 Å². The summed E-state index contributed by atoms with van der Waals surface area (Å²) in [5.74, 6) is 0. The van der Waals surface area contributed by atoms with Crippen molar-refractivity contribution in [3.05, 3.63) is 22.7 Å². The fourth-order valence-corrected chi connectivity index (χ4v) is 2.60. The van der Waals surface area contributed by atoms with E-state index in [1.807, 2.05) is 39.0 Å². The summed E-state index contributed by atoms with van der Waals surface area (Å²) in [4.78, 5) is 13.8. The largest absolute Gasteiger partial charge is 0.444 e. The van der Waals surface area contributed by atoms with Crippen molar-refractivity contribution >= 4 is 33.4 Å². The lowest BCUT2D eigenvalue weighted by molar-refractivity contribution is 0.0293. The maximum Gasteiger partial charge on any atom is 0.410 e. The molecule has 0 aliphatic carbocycles. The van der Waals surface area contributed by atoms with Gasteiger partial charge in [-0.05, 0) is 45.4 Å². The topological polar surface area (TPSA) is 67.6 Å². The number of rotatable bonds is 2. The zero-order valence-electron chi connectivity index (χ0n) is 12.6. The van der Waals surface area contributed by atoms with Crippen molar-refractivity contribution < 1.29 is 9.53 Å². The van der Waals surface area contributed by atoms with Crippen molar-refractivity contribution in [2.45, 2.75) is 38.8 Å². The number of nitrogens with zero attached hydrogens (tertiary/aromatic N) is 1. The molecule has 1 aromatic carbocycles. The molecule has 1 fully saturated rings. The lowest BCUT2D eigenvalue weighted by Crippen LogP contribution is -2.36. The number of halogens is 1. The number of anilines is 2. The molecule has 5 nitrogen and oxygen atoms in total. The van der Waals surface area contributed by atoms with Gasteiger partial charge in [0.1, 0.15) is 5.60 Å². The molecule has 2 rings (SSSR count). The molecule has 6 heteroatoms. The van der Waals surface area contributed by atoms with Crippen molar-refractivity contribution in [2.24, 2.45) is 0 Å². The van der Waals surface area contributed by atoms with Gasteiger partial charge in [-0.2, -0.15) is 0 Å². The number of carbonyl (C=O) groups excluding carboxylic acids is 1. The van der Waals surface area contributed by atoms with E-state index in [1.165, 1.54) is 0 Å². The summed E-state index contributed by atoms with van der Waals surface area (Å²) >= 11 is 3.43. The van der Waals surface area contributed by atoms with E-state index in [9.17, 15) is 4.79 Å². The first kappa shape index (κ1) is 15.9. The van der Waals surface area contributed by atoms with E-state index in [0.717, 1.165) is 16.6 Å². The number of nitrogens with two attached hydrogens (primary N) is 1. The van der Waals surface area contributed by atoms with Gasteiger partial charge in [0.25, 0.3) is 0 Å². The summed E-state index contributed by atoms with van der Waals surface area (Å²) in [5.41, 5.74) is 7.09. The van der Waals surface area contributed by atoms with Gasteiger partial charge in [0.2, 0.25) is 0 Å². The van der Waals surface area contributed by atoms with Crippen LogP contribution in [-0.2, 0) is 4.74 Å². The molecule has 3 N–H and O–H groups in total. The zero-order chi connectivity index (χ0) is 15.6. The Bertz CT molecular complexity index is 528. The van der Waals surface area contributed by atoms with Gasteiger partial charge in [-0.1, -0.05) is 15.9 Å². The van der Waals surface area contributed by atoms with Crippen LogP contribution in [-0.4, -0.2) is 35.7 Å². The van der Waals surface area contributed by atoms with Crippen LogP contribution in [0.2, 0.25) is 0 Å². The maximum absolute atomic E-state index is 12.0. The van der Waals surface area contributed by atoms with Gasteiger partial charge in [0.05, 0.1) is 11.4 Å². The smallest absolute Gasteiger partial charge is 0.410 e. The highest BCUT2D eigenvalue weighted by Gasteiger charge is 2.29. The predicted octanol–water partition coefficient (Wildman–Crippen LogP) is 3.45. The van der Waals surface area contributed by atoms with Gasteiger partial charge < -0.3 is 20.7 Å². The number of benzene rings is 1. The summed E-state index contributed by atoms with van der Waals surface area (Å²) in [7, 11) is 0. The van der Waals surface area contributed by atoms with Crippen LogP contribution in [0.15, 0.2) is 22.7 Å². The molecule has 1 heterocycles. The van der Waals surface area contributed by atoms with Crippen molar-refractivity contribution in [1.29, 1.82) is 0 Å². The molecule has 21 heavy (non-hydrogen) atoms. The van der Waals surface area contributed by atoms with E-state index < -0.39 is 5.60 Å². The Labute approximate surface area is 134 Å². The second-order valence-corrected chi connectivity index (χ2v) is 7.20. The Morgan fingerprint density at radius 2 is 2.19 bits per heavy atom. The Morgan fingerprint density at radius 3 is 2.86 bits per heavy atom. The van der Waals surface area contributed by atoms with Gasteiger partial charge in [-0.25, -0.2) is 4.79 Å². The number of nitrogens with one attached hydrogen (secondary N) is 1. The molecule has 0 aromatic heterocycles. The van der Waals surface area contributed by atoms with Gasteiger partial charge >= 0.3 is 6.09 Å². The van der Waals surface area contributed by atoms with Crippen LogP contribution in [0.5, 0.6) is 0 Å². The second kappa shape index (κ2) is 6.13. The third kappa shape index (κ3) is 4.52. The molecule has 0 unspecified atom stereocenters. The van der Waals surface area contributed by atoms with Gasteiger partial charge in [-0.15, -0.1) is 0 Å². The predicted molar refractivity (Wildman–Crippen MR) is 88.4 cm³/mol. The minimum atomic E-state index is -0.461. The highest BCUT2D eigenvalue weighted by atomic mass is 79.9. The molecule has 1 atom stereocenters. The number of nitrogen functional groups attached to an aromatic ring is 1. The summed E-state index contributed by atoms with van der Waals surface area (Å²) in [5, 5.41) is 3.39. The lowest BCUT2D eigenvalue weighted by atomic mass is 10.2. The Morgan fingerprint density at radius 1 is 1.48 bits per heavy atom. The standard InChI is InChI=1S/C15H22BrN3O2/c1-15(2,3)21-14(20)19-7-6-11(9-19)18-13-8-10(16)4-5-12(13)17/h4-5,8,11,18H,6-7,9,17H2,1-3H3/t11-/m0/s1. The van der Waals surface area contributed by atoms with Gasteiger partial charge in [0, 0.05) is 23.6 Å². The highest BCUT2D eigenvalue weighted by molar-refractivity contribution is 9.10. The first-order chi connectivity index (χ1) is 9.74. The van der Waals surface area contributed by atoms with E-state index in [-0.39, 0.29) is 12.1 Å². The molecular weight excluding hydrogens is 334 g/mol. The molecule has 0 radical (unpaired) electrons. The van der Waals surface area contributed by atoms with Crippen LogP contribution in [0, 0.1) is 0 Å². The van der Waals surface area contributed by atoms with E-state index in [4.69, 9.17) is 10.5 Å². The first-order valence-corrected chi connectivity index (χ1v) is 7.83. The molecule has 1 amide bonds. The molecule has 0 saturated carbocycles. The minimum absolute atomic E-state index is 0.189. The molecule has 1 aliphatic rings. The lowest BCUT2D eigenvalue weighted by Gasteiger charge is -2.24. The van der Waals surface area contributed by atoms with Crippen LogP contribution < -0.4 is 11.1 Å². The fraction of sp³-hybridized carbons (Fsp3) is 0.533. The van der Waals surface area contributed by atoms with Crippen LogP contribution in [0.4, 0.5) is 16.2 Å². The fourth-order valence-electron chi connectivity index (χ4n) is 2.24. The van der Waals surface area contributed by atoms with Gasteiger partial charge in [0.15, 0.2) is 0 Å². The van der Waals surface area contributed by atoms with E-state index in [2.05, 4.69) is 21.2 Å². The molecule has 1 aromatic rings. The van der Waals surface area contributed by atoms with Crippen molar-refractivity contribution in [2.75, 3.05) is 24.1 Å². The molecule has 116 valence electrons. The van der Waals surface area contributed by atoms with Gasteiger partial charge in [-0.3, -0.25) is 0 Å². The summed E-state index contributed by atoms with van der Waals surface area (Å²) in [6, 6.07) is 5.90. The number of hydrogen-bond donors (Lipinski definition) is 2. The Hall–Kier alpha value is -1.43. The number of amides is 1. The summed E-state index contributed by atoms with van der Waals surface area (Å²) < 4.78 is 6.36. The highest BCUT2D eigenvalue weighted by Crippen LogP contribution is 2.26. The molecule has 1 aliphatic heterocycles. The third-order valence-electron chi connectivity index (χ3n) is 3.21. The molecular formula is C15H22BrN3O2. The summed E-state index contributed by atoms with van der Waals surface area (Å²) in [6.45, 7) is 6.94. The maximum atomic E-state index is 12.0. The number of likely N-dealkylation sites (tertiary alicyclic amines) is 1. The molecule has 1 saturated heterocycles. The van der Waals surface area contributed by atoms with Crippen LogP contribution in [0.25, 0.3) is 0 Å². The number of carbonyl (C=O) groups is 1. The molecule has 0 spiro atoms. The van der Waals surface area contributed by atoms with Crippen molar-refractivity contribution in [3.8, 4) is 0 Å². The third-order valence-corrected chi connectivity index (χ3v) is 3.71. The zero-order valence-corrected chi connectivity index (χ0v) is 14.2. The number of hydrogen-bond acceptors (Lipinski definition) is 4. The average Bonchev–Trinajstić information content (AvgIpc) is 2.80. The second-order valence-electron chi connectivity index (χ2n) is 6.29. The van der Waals surface area contributed by atoms with E-state index in [1.54, 1.807) is 4.90 Å². The number of ether oxygens (including phenoxy) is 1. The first-order valence-electron chi connectivity index (χ1n) is 7.04. The monoisotopic (exact) mass is 355 g/mol. The minimum Gasteiger partial charge on any atom is -0.444 e. The molecule has 0 bridgehead atoms. The normalized spacial score (nSPS) is 18.7. The van der Waals surface area contributed by atoms with Crippen LogP contribution in [0.3, 0.4) is 0 Å². The summed E-state index contributed by atoms with van der Waals surface area (Å²) in [6.07, 6.45) is 0.625. The SMILES string of the molecule is CC(C)(C)OC(=O)N1CC[C@H](Nc2cc(Br)ccc2N)C1. The van der Waals surface area contributed by atoms with Crippen LogP contribution >= 0.6 is 15.9 Å². The average molecular weight is 356 g/mol. The Kier molecular flexibility index (Phi) is 4.66.